The Kier molecular flexibility index (Phi) is 5.68. The summed E-state index contributed by atoms with van der Waals surface area (Å²) in [5, 5.41) is 5.95. The fraction of sp³-hybridized carbons (Fsp3) is 0.227. The van der Waals surface area contributed by atoms with Gasteiger partial charge in [-0.25, -0.2) is 14.4 Å². The first-order valence-corrected chi connectivity index (χ1v) is 9.05. The Hall–Kier alpha value is -3.28. The van der Waals surface area contributed by atoms with Crippen molar-refractivity contribution >= 4 is 17.4 Å². The number of aromatic nitrogens is 2. The number of anilines is 2. The quantitative estimate of drug-likeness (QED) is 0.682. The molecule has 2 N–H and O–H groups in total. The van der Waals surface area contributed by atoms with Crippen LogP contribution in [-0.2, 0) is 12.0 Å². The monoisotopic (exact) mass is 378 g/mol. The molecule has 1 aromatic heterocycles. The van der Waals surface area contributed by atoms with E-state index < -0.39 is 5.91 Å². The molecule has 0 aliphatic rings. The maximum atomic E-state index is 13.7. The van der Waals surface area contributed by atoms with Gasteiger partial charge in [0.2, 0.25) is 0 Å². The lowest BCUT2D eigenvalue weighted by molar-refractivity contribution is 0.0945. The molecule has 0 fully saturated rings. The third kappa shape index (κ3) is 4.71. The maximum Gasteiger partial charge on any atom is 0.270 e. The van der Waals surface area contributed by atoms with Crippen molar-refractivity contribution in [1.82, 2.24) is 15.3 Å². The van der Waals surface area contributed by atoms with Gasteiger partial charge in [0.25, 0.3) is 5.91 Å². The number of nitrogens with one attached hydrogen (secondary N) is 2. The minimum atomic E-state index is -0.391. The summed E-state index contributed by atoms with van der Waals surface area (Å²) in [7, 11) is 0. The predicted octanol–water partition coefficient (Wildman–Crippen LogP) is 4.59. The Balaban J connectivity index is 1.74. The van der Waals surface area contributed by atoms with Gasteiger partial charge in [-0.15, -0.1) is 0 Å². The second kappa shape index (κ2) is 8.17. The molecule has 0 atom stereocenters. The minimum absolute atomic E-state index is 0.0451. The van der Waals surface area contributed by atoms with E-state index in [0.717, 1.165) is 11.3 Å². The Bertz CT molecular complexity index is 982. The number of hydrogen-bond acceptors (Lipinski definition) is 4. The summed E-state index contributed by atoms with van der Waals surface area (Å²) in [5.74, 6) is -0.229. The first-order chi connectivity index (χ1) is 13.3. The van der Waals surface area contributed by atoms with Crippen LogP contribution in [0.4, 0.5) is 15.9 Å². The molecule has 0 aliphatic heterocycles. The number of carbonyl (C=O) groups excluding carboxylic acids is 1. The van der Waals surface area contributed by atoms with Crippen LogP contribution in [0.25, 0.3) is 0 Å². The number of hydrogen-bond donors (Lipinski definition) is 2. The molecule has 6 heteroatoms. The van der Waals surface area contributed by atoms with Gasteiger partial charge in [-0.2, -0.15) is 0 Å². The zero-order chi connectivity index (χ0) is 20.1. The highest BCUT2D eigenvalue weighted by atomic mass is 19.1. The largest absolute Gasteiger partial charge is 0.347 e. The van der Waals surface area contributed by atoms with Crippen LogP contribution in [0.2, 0.25) is 0 Å². The van der Waals surface area contributed by atoms with Crippen LogP contribution in [0.5, 0.6) is 0 Å². The molecule has 0 unspecified atom stereocenters. The normalized spacial score (nSPS) is 11.1. The molecule has 0 spiro atoms. The molecule has 1 heterocycles. The third-order valence-electron chi connectivity index (χ3n) is 4.29. The van der Waals surface area contributed by atoms with E-state index in [2.05, 4.69) is 47.4 Å². The number of carbonyl (C=O) groups is 1. The van der Waals surface area contributed by atoms with Gasteiger partial charge >= 0.3 is 0 Å². The Morgan fingerprint density at radius 1 is 1.04 bits per heavy atom. The summed E-state index contributed by atoms with van der Waals surface area (Å²) in [6.45, 7) is 6.49. The van der Waals surface area contributed by atoms with Crippen LogP contribution in [0.3, 0.4) is 0 Å². The van der Waals surface area contributed by atoms with E-state index in [9.17, 15) is 9.18 Å². The maximum absolute atomic E-state index is 13.7. The van der Waals surface area contributed by atoms with Crippen molar-refractivity contribution < 1.29 is 9.18 Å². The number of halogens is 1. The van der Waals surface area contributed by atoms with Crippen molar-refractivity contribution in [2.24, 2.45) is 0 Å². The molecule has 28 heavy (non-hydrogen) atoms. The molecular formula is C22H23FN4O. The van der Waals surface area contributed by atoms with Gasteiger partial charge < -0.3 is 10.6 Å². The first-order valence-electron chi connectivity index (χ1n) is 9.05. The first kappa shape index (κ1) is 19.5. The highest BCUT2D eigenvalue weighted by Gasteiger charge is 2.18. The molecule has 3 aromatic rings. The lowest BCUT2D eigenvalue weighted by atomic mass is 9.86. The molecule has 5 nitrogen and oxygen atoms in total. The van der Waals surface area contributed by atoms with Crippen LogP contribution in [0.15, 0.2) is 60.9 Å². The van der Waals surface area contributed by atoms with Gasteiger partial charge in [-0.1, -0.05) is 57.2 Å². The van der Waals surface area contributed by atoms with Gasteiger partial charge in [-0.3, -0.25) is 4.79 Å². The van der Waals surface area contributed by atoms with Crippen LogP contribution in [0.1, 0.15) is 42.4 Å². The number of para-hydroxylation sites is 1. The Morgan fingerprint density at radius 2 is 1.75 bits per heavy atom. The van der Waals surface area contributed by atoms with Gasteiger partial charge in [0, 0.05) is 23.9 Å². The van der Waals surface area contributed by atoms with E-state index in [0.29, 0.717) is 11.4 Å². The lowest BCUT2D eigenvalue weighted by Crippen LogP contribution is -2.24. The second-order valence-corrected chi connectivity index (χ2v) is 7.48. The van der Waals surface area contributed by atoms with Crippen LogP contribution < -0.4 is 10.6 Å². The molecule has 0 bridgehead atoms. The van der Waals surface area contributed by atoms with Gasteiger partial charge in [0.15, 0.2) is 0 Å². The summed E-state index contributed by atoms with van der Waals surface area (Å²) in [6.07, 6.45) is 1.33. The van der Waals surface area contributed by atoms with Gasteiger partial charge in [0.1, 0.15) is 23.7 Å². The number of rotatable bonds is 5. The summed E-state index contributed by atoms with van der Waals surface area (Å²) < 4.78 is 13.7. The fourth-order valence-electron chi connectivity index (χ4n) is 2.84. The van der Waals surface area contributed by atoms with Crippen molar-refractivity contribution in [1.29, 1.82) is 0 Å². The Labute approximate surface area is 164 Å². The van der Waals surface area contributed by atoms with Crippen molar-refractivity contribution in [2.75, 3.05) is 5.32 Å². The zero-order valence-corrected chi connectivity index (χ0v) is 16.2. The molecule has 0 radical (unpaired) electrons. The molecular weight excluding hydrogens is 355 g/mol. The third-order valence-corrected chi connectivity index (χ3v) is 4.29. The summed E-state index contributed by atoms with van der Waals surface area (Å²) in [4.78, 5) is 20.6. The number of benzene rings is 2. The van der Waals surface area contributed by atoms with E-state index in [-0.39, 0.29) is 23.5 Å². The number of nitrogens with zero attached hydrogens (tertiary/aromatic N) is 2. The predicted molar refractivity (Wildman–Crippen MR) is 108 cm³/mol. The van der Waals surface area contributed by atoms with Gasteiger partial charge in [-0.05, 0) is 23.1 Å². The summed E-state index contributed by atoms with van der Waals surface area (Å²) in [6, 6.07) is 15.9. The topological polar surface area (TPSA) is 66.9 Å². The molecule has 0 aliphatic carbocycles. The van der Waals surface area contributed by atoms with Crippen LogP contribution in [-0.4, -0.2) is 15.9 Å². The zero-order valence-electron chi connectivity index (χ0n) is 16.2. The number of amides is 1. The van der Waals surface area contributed by atoms with Crippen LogP contribution >= 0.6 is 0 Å². The molecule has 0 saturated heterocycles. The minimum Gasteiger partial charge on any atom is -0.347 e. The Morgan fingerprint density at radius 3 is 2.50 bits per heavy atom. The summed E-state index contributed by atoms with van der Waals surface area (Å²) >= 11 is 0. The highest BCUT2D eigenvalue weighted by molar-refractivity contribution is 5.93. The average Bonchev–Trinajstić information content (AvgIpc) is 2.67. The van der Waals surface area contributed by atoms with E-state index >= 15 is 0 Å². The highest BCUT2D eigenvalue weighted by Crippen LogP contribution is 2.30. The van der Waals surface area contributed by atoms with E-state index in [1.165, 1.54) is 12.4 Å². The summed E-state index contributed by atoms with van der Waals surface area (Å²) in [5.41, 5.74) is 2.64. The average molecular weight is 378 g/mol. The van der Waals surface area contributed by atoms with Gasteiger partial charge in [0.05, 0.1) is 0 Å². The molecule has 2 aromatic carbocycles. The fourth-order valence-corrected chi connectivity index (χ4v) is 2.84. The van der Waals surface area contributed by atoms with Crippen molar-refractivity contribution in [3.8, 4) is 0 Å². The van der Waals surface area contributed by atoms with Crippen LogP contribution in [0, 0.1) is 5.82 Å². The molecule has 3 rings (SSSR count). The molecule has 144 valence electrons. The lowest BCUT2D eigenvalue weighted by Gasteiger charge is -2.23. The molecule has 0 saturated carbocycles. The standard InChI is InChI=1S/C22H23FN4O/c1-22(2,3)16-9-5-7-11-18(16)27-20-12-19(25-14-26-20)21(28)24-13-15-8-4-6-10-17(15)23/h4-12,14H,13H2,1-3H3,(H,24,28)(H,25,26,27). The van der Waals surface area contributed by atoms with Crippen molar-refractivity contribution in [3.63, 3.8) is 0 Å². The SMILES string of the molecule is CC(C)(C)c1ccccc1Nc1cc(C(=O)NCc2ccccc2F)ncn1. The van der Waals surface area contributed by atoms with E-state index in [1.807, 2.05) is 18.2 Å². The smallest absolute Gasteiger partial charge is 0.270 e. The van der Waals surface area contributed by atoms with E-state index in [1.54, 1.807) is 24.3 Å². The van der Waals surface area contributed by atoms with Crippen molar-refractivity contribution in [3.05, 3.63) is 83.6 Å². The van der Waals surface area contributed by atoms with E-state index in [4.69, 9.17) is 0 Å². The van der Waals surface area contributed by atoms with Crippen molar-refractivity contribution in [2.45, 2.75) is 32.7 Å². The second-order valence-electron chi connectivity index (χ2n) is 7.48. The molecule has 1 amide bonds.